The van der Waals surface area contributed by atoms with Gasteiger partial charge in [-0.05, 0) is 25.3 Å². The number of rotatable bonds is 6. The van der Waals surface area contributed by atoms with E-state index in [2.05, 4.69) is 10.6 Å². The lowest BCUT2D eigenvalue weighted by Crippen LogP contribution is -2.34. The molecule has 0 aromatic heterocycles. The molecule has 124 valence electrons. The van der Waals surface area contributed by atoms with Gasteiger partial charge >= 0.3 is 0 Å². The zero-order valence-electron chi connectivity index (χ0n) is 12.9. The van der Waals surface area contributed by atoms with Crippen LogP contribution in [0.5, 0.6) is 0 Å². The molecular formula is C17H21FN2O3. The minimum Gasteiger partial charge on any atom is -0.376 e. The second-order valence-electron chi connectivity index (χ2n) is 6.14. The van der Waals surface area contributed by atoms with Crippen molar-refractivity contribution in [3.05, 3.63) is 35.6 Å². The summed E-state index contributed by atoms with van der Waals surface area (Å²) in [4.78, 5) is 24.0. The molecule has 23 heavy (non-hydrogen) atoms. The zero-order valence-corrected chi connectivity index (χ0v) is 12.9. The molecule has 1 aliphatic heterocycles. The van der Waals surface area contributed by atoms with E-state index in [4.69, 9.17) is 4.74 Å². The predicted molar refractivity (Wildman–Crippen MR) is 81.8 cm³/mol. The molecule has 1 aromatic rings. The van der Waals surface area contributed by atoms with Gasteiger partial charge in [0.1, 0.15) is 5.82 Å². The van der Waals surface area contributed by atoms with Gasteiger partial charge in [0.15, 0.2) is 0 Å². The Balaban J connectivity index is 1.40. The molecule has 2 amide bonds. The summed E-state index contributed by atoms with van der Waals surface area (Å²) in [6.45, 7) is 1.41. The van der Waals surface area contributed by atoms with E-state index in [9.17, 15) is 14.0 Å². The Labute approximate surface area is 134 Å². The molecule has 3 unspecified atom stereocenters. The number of benzene rings is 1. The maximum atomic E-state index is 13.5. The van der Waals surface area contributed by atoms with E-state index in [1.807, 2.05) is 0 Å². The Kier molecular flexibility index (Phi) is 4.91. The van der Waals surface area contributed by atoms with Gasteiger partial charge in [0.05, 0.1) is 17.9 Å². The van der Waals surface area contributed by atoms with Crippen molar-refractivity contribution in [2.75, 3.05) is 13.2 Å². The fourth-order valence-corrected chi connectivity index (χ4v) is 2.88. The second kappa shape index (κ2) is 7.08. The van der Waals surface area contributed by atoms with E-state index in [1.54, 1.807) is 18.2 Å². The largest absolute Gasteiger partial charge is 0.376 e. The molecule has 0 spiro atoms. The average Bonchev–Trinajstić information content (AvgIpc) is 3.19. The van der Waals surface area contributed by atoms with Crippen LogP contribution in [0, 0.1) is 17.7 Å². The van der Waals surface area contributed by atoms with Crippen molar-refractivity contribution in [1.29, 1.82) is 0 Å². The number of ether oxygens (including phenoxy) is 1. The number of carbonyl (C=O) groups is 2. The van der Waals surface area contributed by atoms with E-state index in [0.717, 1.165) is 19.4 Å². The van der Waals surface area contributed by atoms with Crippen molar-refractivity contribution in [3.8, 4) is 0 Å². The third-order valence-electron chi connectivity index (χ3n) is 4.40. The van der Waals surface area contributed by atoms with Gasteiger partial charge in [-0.15, -0.1) is 0 Å². The normalized spacial score (nSPS) is 25.9. The Hall–Kier alpha value is -1.95. The third kappa shape index (κ3) is 4.07. The lowest BCUT2D eigenvalue weighted by atomic mass is 10.2. The highest BCUT2D eigenvalue weighted by Gasteiger charge is 2.47. The molecule has 3 rings (SSSR count). The highest BCUT2D eigenvalue weighted by molar-refractivity contribution is 5.92. The molecule has 2 N–H and O–H groups in total. The highest BCUT2D eigenvalue weighted by atomic mass is 19.1. The number of halogens is 1. The monoisotopic (exact) mass is 320 g/mol. The molecule has 1 aliphatic carbocycles. The average molecular weight is 320 g/mol. The van der Waals surface area contributed by atoms with Crippen LogP contribution >= 0.6 is 0 Å². The second-order valence-corrected chi connectivity index (χ2v) is 6.14. The topological polar surface area (TPSA) is 67.4 Å². The summed E-state index contributed by atoms with van der Waals surface area (Å²) in [5.74, 6) is -1.19. The van der Waals surface area contributed by atoms with Crippen molar-refractivity contribution >= 4 is 11.8 Å². The lowest BCUT2D eigenvalue weighted by Gasteiger charge is -2.10. The standard InChI is InChI=1S/C17H21FN2O3/c18-15-6-2-1-4-11(15)9-19-16(21)13-8-14(13)17(22)20-10-12-5-3-7-23-12/h1-2,4,6,12-14H,3,5,7-10H2,(H,19,21)(H,20,22). The molecule has 0 radical (unpaired) electrons. The first-order valence-corrected chi connectivity index (χ1v) is 8.05. The lowest BCUT2D eigenvalue weighted by molar-refractivity contribution is -0.127. The van der Waals surface area contributed by atoms with Crippen LogP contribution in [0.25, 0.3) is 0 Å². The Morgan fingerprint density at radius 1 is 1.17 bits per heavy atom. The number of hydrogen-bond acceptors (Lipinski definition) is 3. The quantitative estimate of drug-likeness (QED) is 0.832. The van der Waals surface area contributed by atoms with E-state index in [-0.39, 0.29) is 42.1 Å². The molecule has 6 heteroatoms. The summed E-state index contributed by atoms with van der Waals surface area (Å²) < 4.78 is 18.9. The summed E-state index contributed by atoms with van der Waals surface area (Å²) in [5, 5.41) is 5.55. The Morgan fingerprint density at radius 3 is 2.61 bits per heavy atom. The van der Waals surface area contributed by atoms with E-state index >= 15 is 0 Å². The first kappa shape index (κ1) is 15.9. The SMILES string of the molecule is O=C(NCc1ccccc1F)C1CC1C(=O)NCC1CCCO1. The van der Waals surface area contributed by atoms with Crippen LogP contribution in [0.2, 0.25) is 0 Å². The third-order valence-corrected chi connectivity index (χ3v) is 4.40. The van der Waals surface area contributed by atoms with Gasteiger partial charge < -0.3 is 15.4 Å². The molecule has 2 fully saturated rings. The molecule has 0 bridgehead atoms. The fourth-order valence-electron chi connectivity index (χ4n) is 2.88. The molecule has 1 saturated carbocycles. The number of hydrogen-bond donors (Lipinski definition) is 2. The smallest absolute Gasteiger partial charge is 0.224 e. The Morgan fingerprint density at radius 2 is 1.91 bits per heavy atom. The number of carbonyl (C=O) groups excluding carboxylic acids is 2. The minimum atomic E-state index is -0.338. The van der Waals surface area contributed by atoms with Crippen LogP contribution in [0.3, 0.4) is 0 Å². The first-order chi connectivity index (χ1) is 11.1. The summed E-state index contributed by atoms with van der Waals surface area (Å²) in [6, 6.07) is 6.33. The van der Waals surface area contributed by atoms with Gasteiger partial charge in [0.2, 0.25) is 11.8 Å². The van der Waals surface area contributed by atoms with Crippen molar-refractivity contribution in [2.24, 2.45) is 11.8 Å². The van der Waals surface area contributed by atoms with Crippen LogP contribution in [0.15, 0.2) is 24.3 Å². The van der Waals surface area contributed by atoms with Crippen LogP contribution in [-0.2, 0) is 20.9 Å². The van der Waals surface area contributed by atoms with Gasteiger partial charge in [-0.1, -0.05) is 18.2 Å². The number of nitrogens with one attached hydrogen (secondary N) is 2. The van der Waals surface area contributed by atoms with Crippen LogP contribution in [0.1, 0.15) is 24.8 Å². The zero-order chi connectivity index (χ0) is 16.2. The number of amides is 2. The van der Waals surface area contributed by atoms with Crippen molar-refractivity contribution in [3.63, 3.8) is 0 Å². The van der Waals surface area contributed by atoms with Crippen LogP contribution < -0.4 is 10.6 Å². The summed E-state index contributed by atoms with van der Waals surface area (Å²) in [5.41, 5.74) is 0.445. The molecule has 5 nitrogen and oxygen atoms in total. The summed E-state index contributed by atoms with van der Waals surface area (Å²) >= 11 is 0. The fraction of sp³-hybridized carbons (Fsp3) is 0.529. The van der Waals surface area contributed by atoms with Crippen molar-refractivity contribution < 1.29 is 18.7 Å². The molecule has 3 atom stereocenters. The summed E-state index contributed by atoms with van der Waals surface area (Å²) in [7, 11) is 0. The predicted octanol–water partition coefficient (Wildman–Crippen LogP) is 1.37. The highest BCUT2D eigenvalue weighted by Crippen LogP contribution is 2.38. The maximum Gasteiger partial charge on any atom is 0.224 e. The van der Waals surface area contributed by atoms with Gasteiger partial charge in [-0.3, -0.25) is 9.59 Å². The summed E-state index contributed by atoms with van der Waals surface area (Å²) in [6.07, 6.45) is 2.66. The molecule has 2 aliphatic rings. The molecule has 1 saturated heterocycles. The maximum absolute atomic E-state index is 13.5. The van der Waals surface area contributed by atoms with Gasteiger partial charge in [-0.25, -0.2) is 4.39 Å². The molecular weight excluding hydrogens is 299 g/mol. The van der Waals surface area contributed by atoms with Gasteiger partial charge in [-0.2, -0.15) is 0 Å². The van der Waals surface area contributed by atoms with Gasteiger partial charge in [0, 0.05) is 25.3 Å². The van der Waals surface area contributed by atoms with E-state index in [0.29, 0.717) is 18.5 Å². The van der Waals surface area contributed by atoms with E-state index in [1.165, 1.54) is 6.07 Å². The Bertz CT molecular complexity index is 587. The molecule has 1 heterocycles. The van der Waals surface area contributed by atoms with Crippen molar-refractivity contribution in [2.45, 2.75) is 31.9 Å². The van der Waals surface area contributed by atoms with Crippen LogP contribution in [-0.4, -0.2) is 31.1 Å². The van der Waals surface area contributed by atoms with E-state index < -0.39 is 0 Å². The van der Waals surface area contributed by atoms with Crippen molar-refractivity contribution in [1.82, 2.24) is 10.6 Å². The first-order valence-electron chi connectivity index (χ1n) is 8.05. The van der Waals surface area contributed by atoms with Crippen LogP contribution in [0.4, 0.5) is 4.39 Å². The minimum absolute atomic E-state index is 0.0912. The van der Waals surface area contributed by atoms with Gasteiger partial charge in [0.25, 0.3) is 0 Å². The molecule has 1 aromatic carbocycles.